The average molecular weight is 351 g/mol. The Bertz CT molecular complexity index is 729. The van der Waals surface area contributed by atoms with Gasteiger partial charge in [-0.3, -0.25) is 4.79 Å². The molecule has 3 nitrogen and oxygen atoms in total. The van der Waals surface area contributed by atoms with Crippen molar-refractivity contribution in [2.75, 3.05) is 0 Å². The molecule has 2 aromatic carbocycles. The number of carbonyl (C=O) groups excluding carboxylic acids is 1. The van der Waals surface area contributed by atoms with Crippen molar-refractivity contribution in [2.45, 2.75) is 39.1 Å². The van der Waals surface area contributed by atoms with Crippen LogP contribution in [0.5, 0.6) is 5.75 Å². The second kappa shape index (κ2) is 8.05. The van der Waals surface area contributed by atoms with Gasteiger partial charge in [-0.1, -0.05) is 31.2 Å². The topological polar surface area (TPSA) is 38.3 Å². The van der Waals surface area contributed by atoms with Crippen LogP contribution in [0.15, 0.2) is 48.5 Å². The lowest BCUT2D eigenvalue weighted by atomic mass is 10.1. The van der Waals surface area contributed by atoms with Gasteiger partial charge in [0.25, 0.3) is 5.91 Å². The van der Waals surface area contributed by atoms with E-state index in [4.69, 9.17) is 4.74 Å². The lowest BCUT2D eigenvalue weighted by molar-refractivity contribution is -0.137. The molecule has 1 N–H and O–H groups in total. The number of halogens is 3. The van der Waals surface area contributed by atoms with Crippen LogP contribution in [0.1, 0.15) is 30.0 Å². The lowest BCUT2D eigenvalue weighted by Crippen LogP contribution is -2.37. The van der Waals surface area contributed by atoms with Crippen LogP contribution in [0, 0.1) is 6.92 Å². The molecule has 6 heteroatoms. The maximum absolute atomic E-state index is 12.7. The maximum Gasteiger partial charge on any atom is 0.416 e. The van der Waals surface area contributed by atoms with Crippen molar-refractivity contribution in [1.29, 1.82) is 0 Å². The van der Waals surface area contributed by atoms with Gasteiger partial charge in [0.05, 0.1) is 5.56 Å². The van der Waals surface area contributed by atoms with Crippen molar-refractivity contribution in [3.05, 3.63) is 65.2 Å². The summed E-state index contributed by atoms with van der Waals surface area (Å²) in [6.07, 6.45) is -4.66. The van der Waals surface area contributed by atoms with Gasteiger partial charge < -0.3 is 10.1 Å². The molecule has 0 spiro atoms. The predicted octanol–water partition coefficient (Wildman–Crippen LogP) is 4.49. The number of amides is 1. The molecule has 0 heterocycles. The van der Waals surface area contributed by atoms with E-state index in [0.29, 0.717) is 17.7 Å². The first-order chi connectivity index (χ1) is 11.8. The molecule has 0 saturated carbocycles. The van der Waals surface area contributed by atoms with E-state index in [1.54, 1.807) is 6.07 Å². The highest BCUT2D eigenvalue weighted by Gasteiger charge is 2.30. The Hall–Kier alpha value is -2.50. The average Bonchev–Trinajstić information content (AvgIpc) is 2.57. The third-order valence-electron chi connectivity index (χ3n) is 3.65. The normalized spacial score (nSPS) is 12.5. The largest absolute Gasteiger partial charge is 0.481 e. The van der Waals surface area contributed by atoms with Crippen LogP contribution in [0.4, 0.5) is 13.2 Å². The maximum atomic E-state index is 12.7. The van der Waals surface area contributed by atoms with Crippen LogP contribution in [0.2, 0.25) is 0 Å². The van der Waals surface area contributed by atoms with Crippen LogP contribution in [0.25, 0.3) is 0 Å². The summed E-state index contributed by atoms with van der Waals surface area (Å²) in [4.78, 5) is 12.3. The molecule has 0 aliphatic heterocycles. The number of nitrogens with one attached hydrogen (secondary N) is 1. The van der Waals surface area contributed by atoms with E-state index in [0.717, 1.165) is 17.7 Å². The van der Waals surface area contributed by atoms with Crippen LogP contribution < -0.4 is 10.1 Å². The highest BCUT2D eigenvalue weighted by Crippen LogP contribution is 2.29. The Morgan fingerprint density at radius 2 is 1.88 bits per heavy atom. The molecular formula is C19H20F3NO2. The Balaban J connectivity index is 1.98. The van der Waals surface area contributed by atoms with E-state index in [-0.39, 0.29) is 12.5 Å². The fourth-order valence-corrected chi connectivity index (χ4v) is 2.34. The number of benzene rings is 2. The monoisotopic (exact) mass is 351 g/mol. The fourth-order valence-electron chi connectivity index (χ4n) is 2.34. The van der Waals surface area contributed by atoms with E-state index < -0.39 is 17.8 Å². The van der Waals surface area contributed by atoms with Crippen molar-refractivity contribution in [3.8, 4) is 5.75 Å². The van der Waals surface area contributed by atoms with Crippen molar-refractivity contribution in [1.82, 2.24) is 5.32 Å². The van der Waals surface area contributed by atoms with E-state index in [2.05, 4.69) is 5.32 Å². The number of alkyl halides is 3. The van der Waals surface area contributed by atoms with Crippen LogP contribution >= 0.6 is 0 Å². The van der Waals surface area contributed by atoms with Gasteiger partial charge >= 0.3 is 6.18 Å². The first kappa shape index (κ1) is 18.8. The third kappa shape index (κ3) is 5.52. The van der Waals surface area contributed by atoms with Gasteiger partial charge in [0.15, 0.2) is 6.10 Å². The van der Waals surface area contributed by atoms with Gasteiger partial charge in [0.1, 0.15) is 5.75 Å². The molecule has 0 aromatic heterocycles. The van der Waals surface area contributed by atoms with E-state index in [1.807, 2.05) is 32.0 Å². The Morgan fingerprint density at radius 3 is 2.52 bits per heavy atom. The van der Waals surface area contributed by atoms with Gasteiger partial charge in [0.2, 0.25) is 0 Å². The highest BCUT2D eigenvalue weighted by atomic mass is 19.4. The minimum absolute atomic E-state index is 0.0103. The Labute approximate surface area is 144 Å². The van der Waals surface area contributed by atoms with Gasteiger partial charge in [-0.15, -0.1) is 0 Å². The van der Waals surface area contributed by atoms with Crippen molar-refractivity contribution in [2.24, 2.45) is 0 Å². The molecule has 0 aliphatic carbocycles. The quantitative estimate of drug-likeness (QED) is 0.833. The molecule has 0 bridgehead atoms. The summed E-state index contributed by atoms with van der Waals surface area (Å²) < 4.78 is 43.8. The molecule has 2 aromatic rings. The van der Waals surface area contributed by atoms with Gasteiger partial charge in [-0.05, 0) is 48.7 Å². The number of ether oxygens (including phenoxy) is 1. The smallest absolute Gasteiger partial charge is 0.416 e. The first-order valence-corrected chi connectivity index (χ1v) is 7.96. The minimum atomic E-state index is -4.40. The van der Waals surface area contributed by atoms with Crippen LogP contribution in [-0.2, 0) is 17.5 Å². The minimum Gasteiger partial charge on any atom is -0.481 e. The fraction of sp³-hybridized carbons (Fsp3) is 0.316. The zero-order chi connectivity index (χ0) is 18.4. The molecular weight excluding hydrogens is 331 g/mol. The van der Waals surface area contributed by atoms with Crippen molar-refractivity contribution in [3.63, 3.8) is 0 Å². The lowest BCUT2D eigenvalue weighted by Gasteiger charge is -2.18. The van der Waals surface area contributed by atoms with E-state index >= 15 is 0 Å². The third-order valence-corrected chi connectivity index (χ3v) is 3.65. The molecule has 0 unspecified atom stereocenters. The standard InChI is InChI=1S/C19H20F3NO2/c1-3-17(25-16-9-4-6-13(2)10-16)18(24)23-12-14-7-5-8-15(11-14)19(20,21)22/h4-11,17H,3,12H2,1-2H3,(H,23,24)/t17-/m0/s1. The summed E-state index contributed by atoms with van der Waals surface area (Å²) >= 11 is 0. The molecule has 2 rings (SSSR count). The summed E-state index contributed by atoms with van der Waals surface area (Å²) in [6, 6.07) is 12.2. The molecule has 1 amide bonds. The molecule has 25 heavy (non-hydrogen) atoms. The molecule has 0 fully saturated rings. The number of hydrogen-bond acceptors (Lipinski definition) is 2. The Kier molecular flexibility index (Phi) is 6.07. The number of aryl methyl sites for hydroxylation is 1. The molecule has 0 aliphatic rings. The van der Waals surface area contributed by atoms with Crippen molar-refractivity contribution < 1.29 is 22.7 Å². The zero-order valence-electron chi connectivity index (χ0n) is 14.1. The summed E-state index contributed by atoms with van der Waals surface area (Å²) in [7, 11) is 0. The van der Waals surface area contributed by atoms with Crippen molar-refractivity contribution >= 4 is 5.91 Å². The molecule has 134 valence electrons. The molecule has 0 radical (unpaired) electrons. The number of carbonyl (C=O) groups is 1. The number of hydrogen-bond donors (Lipinski definition) is 1. The molecule has 0 saturated heterocycles. The second-order valence-electron chi connectivity index (χ2n) is 5.75. The van der Waals surface area contributed by atoms with Gasteiger partial charge in [0, 0.05) is 6.54 Å². The summed E-state index contributed by atoms with van der Waals surface area (Å²) in [6.45, 7) is 3.74. The number of rotatable bonds is 6. The van der Waals surface area contributed by atoms with Gasteiger partial charge in [-0.2, -0.15) is 13.2 Å². The van der Waals surface area contributed by atoms with Crippen LogP contribution in [-0.4, -0.2) is 12.0 Å². The zero-order valence-corrected chi connectivity index (χ0v) is 14.1. The first-order valence-electron chi connectivity index (χ1n) is 7.96. The summed E-state index contributed by atoms with van der Waals surface area (Å²) in [5.74, 6) is 0.225. The van der Waals surface area contributed by atoms with E-state index in [1.165, 1.54) is 12.1 Å². The van der Waals surface area contributed by atoms with E-state index in [9.17, 15) is 18.0 Å². The molecule has 1 atom stereocenters. The summed E-state index contributed by atoms with van der Waals surface area (Å²) in [5, 5.41) is 2.63. The van der Waals surface area contributed by atoms with Gasteiger partial charge in [-0.25, -0.2) is 0 Å². The SMILES string of the molecule is CC[C@H](Oc1cccc(C)c1)C(=O)NCc1cccc(C(F)(F)F)c1. The Morgan fingerprint density at radius 1 is 1.16 bits per heavy atom. The predicted molar refractivity (Wildman–Crippen MR) is 89.2 cm³/mol. The second-order valence-corrected chi connectivity index (χ2v) is 5.75. The summed E-state index contributed by atoms with van der Waals surface area (Å²) in [5.41, 5.74) is 0.660. The highest BCUT2D eigenvalue weighted by molar-refractivity contribution is 5.81. The van der Waals surface area contributed by atoms with Crippen LogP contribution in [0.3, 0.4) is 0 Å².